The lowest BCUT2D eigenvalue weighted by molar-refractivity contribution is 0.586. The lowest BCUT2D eigenvalue weighted by Gasteiger charge is -2.05. The summed E-state index contributed by atoms with van der Waals surface area (Å²) in [5.41, 5.74) is 1.35. The summed E-state index contributed by atoms with van der Waals surface area (Å²) in [7, 11) is 0. The molecule has 0 radical (unpaired) electrons. The van der Waals surface area contributed by atoms with Gasteiger partial charge in [0.15, 0.2) is 0 Å². The van der Waals surface area contributed by atoms with Crippen LogP contribution in [-0.4, -0.2) is 4.98 Å². The van der Waals surface area contributed by atoms with Gasteiger partial charge >= 0.3 is 4.87 Å². The minimum absolute atomic E-state index is 0.0838. The van der Waals surface area contributed by atoms with Crippen molar-refractivity contribution >= 4 is 22.9 Å². The maximum atomic E-state index is 13.4. The van der Waals surface area contributed by atoms with E-state index in [0.717, 1.165) is 17.0 Å². The molecule has 0 atom stereocenters. The van der Waals surface area contributed by atoms with Crippen molar-refractivity contribution < 1.29 is 4.39 Å². The number of aromatic nitrogens is 1. The second-order valence-corrected chi connectivity index (χ2v) is 4.79. The maximum absolute atomic E-state index is 13.4. The van der Waals surface area contributed by atoms with Crippen LogP contribution in [0.5, 0.6) is 0 Å². The van der Waals surface area contributed by atoms with Crippen molar-refractivity contribution in [2.75, 3.05) is 0 Å². The summed E-state index contributed by atoms with van der Waals surface area (Å²) in [6.07, 6.45) is 0. The number of H-pyrrole nitrogens is 1. The fraction of sp³-hybridized carbons (Fsp3) is 0.182. The SMILES string of the molecule is O=c1[nH]c(CNCc2ccc(Cl)cc2F)cs1. The molecule has 0 aliphatic carbocycles. The van der Waals surface area contributed by atoms with Crippen LogP contribution in [0.25, 0.3) is 0 Å². The number of rotatable bonds is 4. The minimum atomic E-state index is -0.330. The van der Waals surface area contributed by atoms with Crippen molar-refractivity contribution in [3.05, 3.63) is 55.3 Å². The van der Waals surface area contributed by atoms with Crippen molar-refractivity contribution in [1.29, 1.82) is 0 Å². The molecule has 2 rings (SSSR count). The predicted molar refractivity (Wildman–Crippen MR) is 66.9 cm³/mol. The van der Waals surface area contributed by atoms with Gasteiger partial charge in [0.25, 0.3) is 0 Å². The monoisotopic (exact) mass is 272 g/mol. The topological polar surface area (TPSA) is 44.9 Å². The molecule has 2 N–H and O–H groups in total. The van der Waals surface area contributed by atoms with Crippen molar-refractivity contribution in [3.8, 4) is 0 Å². The average molecular weight is 273 g/mol. The van der Waals surface area contributed by atoms with Crippen LogP contribution in [0.1, 0.15) is 11.3 Å². The Morgan fingerprint density at radius 1 is 1.41 bits per heavy atom. The summed E-state index contributed by atoms with van der Waals surface area (Å²) in [6, 6.07) is 4.57. The minimum Gasteiger partial charge on any atom is -0.315 e. The van der Waals surface area contributed by atoms with Gasteiger partial charge in [-0.05, 0) is 12.1 Å². The van der Waals surface area contributed by atoms with Crippen molar-refractivity contribution in [2.45, 2.75) is 13.1 Å². The van der Waals surface area contributed by atoms with Gasteiger partial charge in [0.05, 0.1) is 0 Å². The van der Waals surface area contributed by atoms with Crippen LogP contribution in [0, 0.1) is 5.82 Å². The summed E-state index contributed by atoms with van der Waals surface area (Å²) < 4.78 is 13.4. The largest absolute Gasteiger partial charge is 0.315 e. The van der Waals surface area contributed by atoms with Crippen LogP contribution in [-0.2, 0) is 13.1 Å². The fourth-order valence-corrected chi connectivity index (χ4v) is 2.14. The van der Waals surface area contributed by atoms with E-state index in [4.69, 9.17) is 11.6 Å². The van der Waals surface area contributed by atoms with E-state index in [1.807, 2.05) is 0 Å². The Bertz CT molecular complexity index is 567. The number of halogens is 2. The molecule has 1 aromatic heterocycles. The van der Waals surface area contributed by atoms with Crippen LogP contribution < -0.4 is 10.2 Å². The second kappa shape index (κ2) is 5.44. The summed E-state index contributed by atoms with van der Waals surface area (Å²) in [4.78, 5) is 13.5. The molecule has 0 bridgehead atoms. The molecule has 3 nitrogen and oxygen atoms in total. The van der Waals surface area contributed by atoms with E-state index in [1.54, 1.807) is 17.5 Å². The molecule has 0 aliphatic rings. The molecule has 17 heavy (non-hydrogen) atoms. The molecular weight excluding hydrogens is 263 g/mol. The molecule has 6 heteroatoms. The first-order valence-corrected chi connectivity index (χ1v) is 6.22. The zero-order valence-corrected chi connectivity index (χ0v) is 10.4. The summed E-state index contributed by atoms with van der Waals surface area (Å²) in [5.74, 6) is -0.330. The highest BCUT2D eigenvalue weighted by Gasteiger charge is 2.03. The molecule has 0 spiro atoms. The van der Waals surface area contributed by atoms with Crippen molar-refractivity contribution in [3.63, 3.8) is 0 Å². The van der Waals surface area contributed by atoms with Gasteiger partial charge in [-0.3, -0.25) is 4.79 Å². The molecule has 0 saturated carbocycles. The first kappa shape index (κ1) is 12.3. The van der Waals surface area contributed by atoms with Crippen LogP contribution in [0.2, 0.25) is 5.02 Å². The summed E-state index contributed by atoms with van der Waals surface area (Å²) >= 11 is 6.76. The van der Waals surface area contributed by atoms with E-state index in [0.29, 0.717) is 23.7 Å². The first-order valence-electron chi connectivity index (χ1n) is 4.96. The summed E-state index contributed by atoms with van der Waals surface area (Å²) in [5, 5.41) is 5.17. The van der Waals surface area contributed by atoms with Gasteiger partial charge in [-0.25, -0.2) is 4.39 Å². The van der Waals surface area contributed by atoms with Crippen LogP contribution in [0.3, 0.4) is 0 Å². The zero-order chi connectivity index (χ0) is 12.3. The molecule has 2 aromatic rings. The third kappa shape index (κ3) is 3.39. The lowest BCUT2D eigenvalue weighted by Crippen LogP contribution is -2.14. The number of nitrogens with one attached hydrogen (secondary N) is 2. The highest BCUT2D eigenvalue weighted by Crippen LogP contribution is 2.14. The van der Waals surface area contributed by atoms with Crippen molar-refractivity contribution in [2.24, 2.45) is 0 Å². The number of benzene rings is 1. The molecule has 1 heterocycles. The Balaban J connectivity index is 1.92. The Labute approximate surface area is 106 Å². The van der Waals surface area contributed by atoms with E-state index < -0.39 is 0 Å². The van der Waals surface area contributed by atoms with Gasteiger partial charge in [0.1, 0.15) is 5.82 Å². The smallest absolute Gasteiger partial charge is 0.304 e. The Kier molecular flexibility index (Phi) is 3.93. The number of hydrogen-bond donors (Lipinski definition) is 2. The highest BCUT2D eigenvalue weighted by atomic mass is 35.5. The first-order chi connectivity index (χ1) is 8.15. The Morgan fingerprint density at radius 3 is 2.88 bits per heavy atom. The van der Waals surface area contributed by atoms with Crippen molar-refractivity contribution in [1.82, 2.24) is 10.3 Å². The van der Waals surface area contributed by atoms with Gasteiger partial charge in [-0.2, -0.15) is 0 Å². The fourth-order valence-electron chi connectivity index (χ4n) is 1.40. The lowest BCUT2D eigenvalue weighted by atomic mass is 10.2. The standard InChI is InChI=1S/C11H10ClFN2OS/c12-8-2-1-7(10(13)3-8)4-14-5-9-6-17-11(16)15-9/h1-3,6,14H,4-5H2,(H,15,16). The van der Waals surface area contributed by atoms with Crippen LogP contribution in [0.4, 0.5) is 4.39 Å². The van der Waals surface area contributed by atoms with Gasteiger partial charge < -0.3 is 10.3 Å². The van der Waals surface area contributed by atoms with E-state index >= 15 is 0 Å². The third-order valence-electron chi connectivity index (χ3n) is 2.22. The molecule has 90 valence electrons. The Morgan fingerprint density at radius 2 is 2.24 bits per heavy atom. The van der Waals surface area contributed by atoms with E-state index in [9.17, 15) is 9.18 Å². The van der Waals surface area contributed by atoms with Gasteiger partial charge in [-0.15, -0.1) is 0 Å². The Hall–Kier alpha value is -1.17. The molecular formula is C11H10ClFN2OS. The number of aromatic amines is 1. The van der Waals surface area contributed by atoms with Crippen LogP contribution in [0.15, 0.2) is 28.4 Å². The molecule has 0 saturated heterocycles. The summed E-state index contributed by atoms with van der Waals surface area (Å²) in [6.45, 7) is 0.891. The molecule has 0 aliphatic heterocycles. The maximum Gasteiger partial charge on any atom is 0.304 e. The molecule has 0 unspecified atom stereocenters. The normalized spacial score (nSPS) is 10.7. The van der Waals surface area contributed by atoms with E-state index in [2.05, 4.69) is 10.3 Å². The number of hydrogen-bond acceptors (Lipinski definition) is 3. The molecule has 0 amide bonds. The van der Waals surface area contributed by atoms with Gasteiger partial charge in [-0.1, -0.05) is 29.0 Å². The van der Waals surface area contributed by atoms with Gasteiger partial charge in [0, 0.05) is 34.7 Å². The molecule has 1 aromatic carbocycles. The van der Waals surface area contributed by atoms with Gasteiger partial charge in [0.2, 0.25) is 0 Å². The third-order valence-corrected chi connectivity index (χ3v) is 3.17. The second-order valence-electron chi connectivity index (χ2n) is 3.51. The predicted octanol–water partition coefficient (Wildman–Crippen LogP) is 2.52. The highest BCUT2D eigenvalue weighted by molar-refractivity contribution is 7.07. The van der Waals surface area contributed by atoms with Crippen LogP contribution >= 0.6 is 22.9 Å². The van der Waals surface area contributed by atoms with E-state index in [1.165, 1.54) is 6.07 Å². The zero-order valence-electron chi connectivity index (χ0n) is 8.80. The average Bonchev–Trinajstić information content (AvgIpc) is 2.68. The molecule has 0 fully saturated rings. The number of thiazole rings is 1. The quantitative estimate of drug-likeness (QED) is 0.898. The van der Waals surface area contributed by atoms with E-state index in [-0.39, 0.29) is 10.7 Å².